The Hall–Kier alpha value is 2.65. The second-order valence-corrected chi connectivity index (χ2v) is 23.0. The summed E-state index contributed by atoms with van der Waals surface area (Å²) in [4.78, 5) is 325. The van der Waals surface area contributed by atoms with Gasteiger partial charge in [-0.15, -0.1) is 0 Å². The fraction of sp³-hybridized carbons (Fsp3) is 0. The molecule has 0 heterocycles. The molecule has 76 heteroatoms. The number of phosphoric acid groups is 15. The van der Waals surface area contributed by atoms with Crippen molar-refractivity contribution in [2.24, 2.45) is 0 Å². The molecule has 480 valence electrons. The molecule has 0 spiro atoms. The first-order chi connectivity index (χ1) is 30.0. The number of rotatable bonds is 0. The molecule has 0 aliphatic carbocycles. The minimum atomic E-state index is -4.89. The van der Waals surface area contributed by atoms with E-state index in [2.05, 4.69) is 0 Å². The first-order valence-corrected chi connectivity index (χ1v) is 35.2. The Kier molecular flexibility index (Phi) is 84.5. The van der Waals surface area contributed by atoms with Crippen LogP contribution in [0.3, 0.4) is 0 Å². The van der Waals surface area contributed by atoms with E-state index in [-0.39, 0.29) is 29.6 Å². The van der Waals surface area contributed by atoms with Crippen LogP contribution in [0.1, 0.15) is 0 Å². The number of hydrogen-bond acceptors (Lipinski definition) is 16. The van der Waals surface area contributed by atoms with Crippen LogP contribution in [0.25, 0.3) is 0 Å². The van der Waals surface area contributed by atoms with E-state index in [9.17, 15) is 0 Å². The van der Waals surface area contributed by atoms with Gasteiger partial charge < -0.3 is 220 Å². The van der Waals surface area contributed by atoms with E-state index in [4.69, 9.17) is 289 Å². The summed E-state index contributed by atoms with van der Waals surface area (Å²) in [6, 6.07) is 0. The molecule has 0 saturated heterocycles. The van der Waals surface area contributed by atoms with Crippen LogP contribution in [0.2, 0.25) is 0 Å². The maximum Gasteiger partial charge on any atom is 1.00 e. The Labute approximate surface area is 434 Å². The van der Waals surface area contributed by atoms with Gasteiger partial charge in [0, 0.05) is 0 Å². The Morgan fingerprint density at radius 3 is 0.132 bits per heavy atom. The zero-order valence-corrected chi connectivity index (χ0v) is 49.3. The summed E-state index contributed by atoms with van der Waals surface area (Å²) in [6.07, 6.45) is 0. The van der Waals surface area contributed by atoms with E-state index >= 15 is 0 Å². The monoisotopic (exact) mass is 1490 g/mol. The van der Waals surface area contributed by atoms with Crippen molar-refractivity contribution in [1.82, 2.24) is 0 Å². The predicted molar refractivity (Wildman–Crippen MR) is 212 cm³/mol. The molecule has 0 aliphatic heterocycles. The van der Waals surface area contributed by atoms with Gasteiger partial charge >= 0.3 is 139 Å². The molecule has 0 rings (SSSR count). The third kappa shape index (κ3) is 62500. The summed E-state index contributed by atoms with van der Waals surface area (Å²) >= 11 is 0. The molecule has 0 saturated carbocycles. The second kappa shape index (κ2) is 53.1. The van der Waals surface area contributed by atoms with Crippen LogP contribution >= 0.6 is 117 Å². The van der Waals surface area contributed by atoms with Gasteiger partial charge in [0.05, 0.1) is 0 Å². The summed E-state index contributed by atoms with van der Waals surface area (Å²) < 4.78 is 133. The van der Waals surface area contributed by atoms with Crippen LogP contribution in [-0.4, -0.2) is 215 Å². The van der Waals surface area contributed by atoms with Crippen molar-refractivity contribution in [2.75, 3.05) is 0 Å². The molecular formula is H44NaO60P15. The summed E-state index contributed by atoms with van der Waals surface area (Å²) in [5.41, 5.74) is 0. The Balaban J connectivity index is -0.0000000362. The SMILES string of the molecule is O=P(O)(O)O.O=P(O)(O)O.O=P(O)(O)O.O=P(O)(O)O.O=P(O)(O)O.O=P(O)(O)O.O=P(O)(O)O.O=P(O)(O)O.O=P(O)(O)O.O=P(O)(O)O.O=P(O)(O)O.O=P(O)(O)O.O=P(O)(O)O.O=P(O)(O)O.O=P([O-])(O)O.[Na+]. The summed E-state index contributed by atoms with van der Waals surface area (Å²) in [7, 11) is -69.8. The van der Waals surface area contributed by atoms with Gasteiger partial charge in [0.15, 0.2) is 0 Å². The molecule has 44 N–H and O–H groups in total. The van der Waals surface area contributed by atoms with Gasteiger partial charge in [-0.3, -0.25) is 4.57 Å². The average Bonchev–Trinajstić information content (AvgIpc) is 2.65. The maximum absolute atomic E-state index is 8.88. The van der Waals surface area contributed by atoms with Gasteiger partial charge in [-0.1, -0.05) is 0 Å². The van der Waals surface area contributed by atoms with E-state index in [1.165, 1.54) is 0 Å². The topological polar surface area (TPSA) is 1170 Å². The molecule has 0 aliphatic rings. The fourth-order valence-electron chi connectivity index (χ4n) is 0. The first kappa shape index (κ1) is 121. The third-order valence-corrected chi connectivity index (χ3v) is 0. The van der Waals surface area contributed by atoms with E-state index in [0.717, 1.165) is 0 Å². The van der Waals surface area contributed by atoms with Crippen LogP contribution in [0.15, 0.2) is 0 Å². The quantitative estimate of drug-likeness (QED) is 0.0791. The van der Waals surface area contributed by atoms with Crippen LogP contribution in [-0.2, 0) is 68.5 Å². The molecule has 76 heavy (non-hydrogen) atoms. The molecule has 0 unspecified atom stereocenters. The molecular weight excluding hydrogens is 1450 g/mol. The van der Waals surface area contributed by atoms with E-state index in [0.29, 0.717) is 0 Å². The maximum atomic E-state index is 8.88. The van der Waals surface area contributed by atoms with Gasteiger partial charge in [-0.2, -0.15) is 0 Å². The summed E-state index contributed by atoms with van der Waals surface area (Å²) in [5, 5.41) is 0. The molecule has 60 nitrogen and oxygen atoms in total. The summed E-state index contributed by atoms with van der Waals surface area (Å²) in [6.45, 7) is 0. The average molecular weight is 1490 g/mol. The van der Waals surface area contributed by atoms with Gasteiger partial charge in [0.25, 0.3) is 7.82 Å². The van der Waals surface area contributed by atoms with Crippen LogP contribution < -0.4 is 34.5 Å². The molecule has 0 radical (unpaired) electrons. The minimum Gasteiger partial charge on any atom is -0.756 e. The van der Waals surface area contributed by atoms with E-state index in [1.807, 2.05) is 0 Å². The van der Waals surface area contributed by atoms with E-state index < -0.39 is 117 Å². The van der Waals surface area contributed by atoms with Crippen LogP contribution in [0.4, 0.5) is 0 Å². The molecule has 0 aromatic heterocycles. The van der Waals surface area contributed by atoms with Crippen molar-refractivity contribution in [3.8, 4) is 0 Å². The molecule has 0 aromatic rings. The molecule has 0 atom stereocenters. The normalized spacial score (nSPS) is 11.6. The van der Waals surface area contributed by atoms with Crippen molar-refractivity contribution in [3.05, 3.63) is 0 Å². The first-order valence-electron chi connectivity index (χ1n) is 11.7. The van der Waals surface area contributed by atoms with Crippen molar-refractivity contribution >= 4 is 117 Å². The fourth-order valence-corrected chi connectivity index (χ4v) is 0. The standard InChI is InChI=1S/Na.15H3O4P/c;15*1-5(2,3)4/h;15*(H3,1,2,3,4)/q+1;;;;;;;;;;;;;;;/p-1. The zero-order valence-electron chi connectivity index (χ0n) is 33.9. The zero-order chi connectivity index (χ0) is 67.5. The predicted octanol–water partition coefficient (Wildman–Crippen LogP) is -17.6. The van der Waals surface area contributed by atoms with Crippen molar-refractivity contribution < 1.29 is 318 Å². The van der Waals surface area contributed by atoms with Gasteiger partial charge in [0.1, 0.15) is 0 Å². The van der Waals surface area contributed by atoms with Gasteiger partial charge in [-0.05, 0) is 0 Å². The van der Waals surface area contributed by atoms with Crippen molar-refractivity contribution in [3.63, 3.8) is 0 Å². The second-order valence-electron chi connectivity index (χ2n) is 7.68. The van der Waals surface area contributed by atoms with Crippen LogP contribution in [0.5, 0.6) is 0 Å². The van der Waals surface area contributed by atoms with Gasteiger partial charge in [0.2, 0.25) is 0 Å². The Bertz CT molecular complexity index is 1340. The van der Waals surface area contributed by atoms with Gasteiger partial charge in [-0.25, -0.2) is 63.9 Å². The molecule has 0 aromatic carbocycles. The van der Waals surface area contributed by atoms with Crippen LogP contribution in [0, 0.1) is 0 Å². The Morgan fingerprint density at radius 2 is 0.132 bits per heavy atom. The smallest absolute Gasteiger partial charge is 0.756 e. The molecule has 0 amide bonds. The third-order valence-electron chi connectivity index (χ3n) is 0. The minimum absolute atomic E-state index is 0. The molecule has 0 fully saturated rings. The van der Waals surface area contributed by atoms with Crippen molar-refractivity contribution in [2.45, 2.75) is 0 Å². The number of hydrogen-bond donors (Lipinski definition) is 44. The Morgan fingerprint density at radius 1 is 0.132 bits per heavy atom. The van der Waals surface area contributed by atoms with E-state index in [1.54, 1.807) is 0 Å². The summed E-state index contributed by atoms with van der Waals surface area (Å²) in [5.74, 6) is 0. The largest absolute Gasteiger partial charge is 1.00 e. The molecule has 0 bridgehead atoms. The van der Waals surface area contributed by atoms with Crippen molar-refractivity contribution in [1.29, 1.82) is 0 Å².